The van der Waals surface area contributed by atoms with Crippen molar-refractivity contribution in [2.24, 2.45) is 0 Å². The number of carbonyl (C=O) groups excluding carboxylic acids is 2. The predicted octanol–water partition coefficient (Wildman–Crippen LogP) is 3.91. The first-order valence-electron chi connectivity index (χ1n) is 8.40. The van der Waals surface area contributed by atoms with Gasteiger partial charge in [-0.15, -0.1) is 0 Å². The van der Waals surface area contributed by atoms with E-state index in [4.69, 9.17) is 11.6 Å². The largest absolute Gasteiger partial charge is 0.349 e. The van der Waals surface area contributed by atoms with E-state index in [1.807, 2.05) is 0 Å². The van der Waals surface area contributed by atoms with Gasteiger partial charge in [0.05, 0.1) is 16.3 Å². The zero-order chi connectivity index (χ0) is 18.5. The number of piperidine rings is 1. The Morgan fingerprint density at radius 2 is 1.69 bits per heavy atom. The molecular formula is C19H19ClFN3O2. The second-order valence-electron chi connectivity index (χ2n) is 6.12. The SMILES string of the molecule is O=C(NC1CCN(C(=O)Nc2ccccc2F)CC1)c1ccccc1Cl. The summed E-state index contributed by atoms with van der Waals surface area (Å²) in [6.07, 6.45) is 1.25. The number of para-hydroxylation sites is 1. The molecule has 0 unspecified atom stereocenters. The Hall–Kier alpha value is -2.60. The summed E-state index contributed by atoms with van der Waals surface area (Å²) in [5.74, 6) is -0.687. The molecule has 1 heterocycles. The average Bonchev–Trinajstić information content (AvgIpc) is 2.64. The van der Waals surface area contributed by atoms with E-state index < -0.39 is 5.82 Å². The summed E-state index contributed by atoms with van der Waals surface area (Å²) in [5, 5.41) is 5.94. The van der Waals surface area contributed by atoms with E-state index in [1.54, 1.807) is 41.3 Å². The molecule has 0 bridgehead atoms. The van der Waals surface area contributed by atoms with Crippen LogP contribution in [-0.4, -0.2) is 36.0 Å². The number of hydrogen-bond donors (Lipinski definition) is 2. The Morgan fingerprint density at radius 1 is 1.04 bits per heavy atom. The summed E-state index contributed by atoms with van der Waals surface area (Å²) >= 11 is 6.04. The summed E-state index contributed by atoms with van der Waals surface area (Å²) in [4.78, 5) is 26.2. The third kappa shape index (κ3) is 4.32. The fourth-order valence-electron chi connectivity index (χ4n) is 2.89. The van der Waals surface area contributed by atoms with Crippen molar-refractivity contribution in [2.45, 2.75) is 18.9 Å². The van der Waals surface area contributed by atoms with Crippen molar-refractivity contribution in [3.63, 3.8) is 0 Å². The van der Waals surface area contributed by atoms with Gasteiger partial charge in [-0.25, -0.2) is 9.18 Å². The number of likely N-dealkylation sites (tertiary alicyclic amines) is 1. The van der Waals surface area contributed by atoms with E-state index in [9.17, 15) is 14.0 Å². The molecule has 136 valence electrons. The number of urea groups is 1. The summed E-state index contributed by atoms with van der Waals surface area (Å²) in [5.41, 5.74) is 0.598. The summed E-state index contributed by atoms with van der Waals surface area (Å²) < 4.78 is 13.6. The lowest BCUT2D eigenvalue weighted by Crippen LogP contribution is -2.47. The minimum Gasteiger partial charge on any atom is -0.349 e. The molecule has 26 heavy (non-hydrogen) atoms. The molecule has 0 radical (unpaired) electrons. The highest BCUT2D eigenvalue weighted by Gasteiger charge is 2.25. The fourth-order valence-corrected chi connectivity index (χ4v) is 3.11. The second-order valence-corrected chi connectivity index (χ2v) is 6.53. The molecule has 1 aliphatic rings. The van der Waals surface area contributed by atoms with Gasteiger partial charge in [-0.3, -0.25) is 4.79 Å². The molecule has 0 spiro atoms. The molecule has 7 heteroatoms. The number of carbonyl (C=O) groups is 2. The maximum Gasteiger partial charge on any atom is 0.321 e. The van der Waals surface area contributed by atoms with Crippen LogP contribution >= 0.6 is 11.6 Å². The van der Waals surface area contributed by atoms with Crippen molar-refractivity contribution in [1.82, 2.24) is 10.2 Å². The molecule has 5 nitrogen and oxygen atoms in total. The predicted molar refractivity (Wildman–Crippen MR) is 98.9 cm³/mol. The number of benzene rings is 2. The lowest BCUT2D eigenvalue weighted by atomic mass is 10.0. The van der Waals surface area contributed by atoms with E-state index in [0.717, 1.165) is 0 Å². The molecule has 3 rings (SSSR count). The molecule has 1 saturated heterocycles. The van der Waals surface area contributed by atoms with Gasteiger partial charge in [0.1, 0.15) is 5.82 Å². The second kappa shape index (κ2) is 8.19. The van der Waals surface area contributed by atoms with Gasteiger partial charge < -0.3 is 15.5 Å². The number of nitrogens with zero attached hydrogens (tertiary/aromatic N) is 1. The molecule has 0 aromatic heterocycles. The average molecular weight is 376 g/mol. The topological polar surface area (TPSA) is 61.4 Å². The Morgan fingerprint density at radius 3 is 2.38 bits per heavy atom. The maximum absolute atomic E-state index is 13.6. The van der Waals surface area contributed by atoms with Crippen LogP contribution in [0.25, 0.3) is 0 Å². The molecule has 2 N–H and O–H groups in total. The van der Waals surface area contributed by atoms with Crippen LogP contribution in [0.1, 0.15) is 23.2 Å². The van der Waals surface area contributed by atoms with Crippen molar-refractivity contribution in [3.05, 3.63) is 64.9 Å². The van der Waals surface area contributed by atoms with E-state index in [2.05, 4.69) is 10.6 Å². The minimum absolute atomic E-state index is 0.0312. The van der Waals surface area contributed by atoms with Crippen molar-refractivity contribution in [2.75, 3.05) is 18.4 Å². The van der Waals surface area contributed by atoms with Crippen LogP contribution in [0.5, 0.6) is 0 Å². The molecule has 2 aromatic rings. The molecule has 0 aliphatic carbocycles. The third-order valence-electron chi connectivity index (χ3n) is 4.35. The van der Waals surface area contributed by atoms with Gasteiger partial charge in [-0.05, 0) is 37.1 Å². The van der Waals surface area contributed by atoms with Gasteiger partial charge in [-0.2, -0.15) is 0 Å². The van der Waals surface area contributed by atoms with Crippen molar-refractivity contribution in [1.29, 1.82) is 0 Å². The van der Waals surface area contributed by atoms with Crippen LogP contribution in [0.3, 0.4) is 0 Å². The van der Waals surface area contributed by atoms with Crippen molar-refractivity contribution < 1.29 is 14.0 Å². The van der Waals surface area contributed by atoms with Gasteiger partial charge >= 0.3 is 6.03 Å². The van der Waals surface area contributed by atoms with Crippen LogP contribution in [0.15, 0.2) is 48.5 Å². The molecule has 1 fully saturated rings. The minimum atomic E-state index is -0.470. The highest BCUT2D eigenvalue weighted by molar-refractivity contribution is 6.33. The number of anilines is 1. The first-order valence-corrected chi connectivity index (χ1v) is 8.78. The Bertz CT molecular complexity index is 807. The first-order chi connectivity index (χ1) is 12.5. The van der Waals surface area contributed by atoms with E-state index in [1.165, 1.54) is 12.1 Å². The normalized spacial score (nSPS) is 14.8. The number of nitrogens with one attached hydrogen (secondary N) is 2. The first kappa shape index (κ1) is 18.2. The molecular weight excluding hydrogens is 357 g/mol. The van der Waals surface area contributed by atoms with Gasteiger partial charge in [0.25, 0.3) is 5.91 Å². The zero-order valence-electron chi connectivity index (χ0n) is 14.0. The lowest BCUT2D eigenvalue weighted by molar-refractivity contribution is 0.0919. The standard InChI is InChI=1S/C19H19ClFN3O2/c20-15-6-2-1-5-14(15)18(25)22-13-9-11-24(12-10-13)19(26)23-17-8-4-3-7-16(17)21/h1-8,13H,9-12H2,(H,22,25)(H,23,26). The summed E-state index contributed by atoms with van der Waals surface area (Å²) in [7, 11) is 0. The van der Waals surface area contributed by atoms with Crippen LogP contribution in [-0.2, 0) is 0 Å². The molecule has 2 aromatic carbocycles. The summed E-state index contributed by atoms with van der Waals surface area (Å²) in [6, 6.07) is 12.5. The van der Waals surface area contributed by atoms with Crippen molar-refractivity contribution in [3.8, 4) is 0 Å². The molecule has 0 atom stereocenters. The number of hydrogen-bond acceptors (Lipinski definition) is 2. The third-order valence-corrected chi connectivity index (χ3v) is 4.68. The number of halogens is 2. The highest BCUT2D eigenvalue weighted by Crippen LogP contribution is 2.18. The van der Waals surface area contributed by atoms with Crippen molar-refractivity contribution >= 4 is 29.2 Å². The van der Waals surface area contributed by atoms with Gasteiger partial charge in [0.2, 0.25) is 0 Å². The van der Waals surface area contributed by atoms with Crippen LogP contribution < -0.4 is 10.6 Å². The smallest absolute Gasteiger partial charge is 0.321 e. The Labute approximate surface area is 156 Å². The monoisotopic (exact) mass is 375 g/mol. The Balaban J connectivity index is 1.51. The number of amides is 3. The Kier molecular flexibility index (Phi) is 5.73. The van der Waals surface area contributed by atoms with Crippen LogP contribution in [0.2, 0.25) is 5.02 Å². The van der Waals surface area contributed by atoms with Crippen LogP contribution in [0.4, 0.5) is 14.9 Å². The van der Waals surface area contributed by atoms with Crippen LogP contribution in [0, 0.1) is 5.82 Å². The van der Waals surface area contributed by atoms with E-state index in [-0.39, 0.29) is 23.7 Å². The van der Waals surface area contributed by atoms with E-state index >= 15 is 0 Å². The molecule has 1 aliphatic heterocycles. The summed E-state index contributed by atoms with van der Waals surface area (Å²) in [6.45, 7) is 0.960. The fraction of sp³-hybridized carbons (Fsp3) is 0.263. The number of rotatable bonds is 3. The lowest BCUT2D eigenvalue weighted by Gasteiger charge is -2.32. The van der Waals surface area contributed by atoms with Gasteiger partial charge in [0.15, 0.2) is 0 Å². The van der Waals surface area contributed by atoms with Gasteiger partial charge in [-0.1, -0.05) is 35.9 Å². The zero-order valence-corrected chi connectivity index (χ0v) is 14.8. The molecule has 3 amide bonds. The molecule has 0 saturated carbocycles. The van der Waals surface area contributed by atoms with Gasteiger partial charge in [0, 0.05) is 19.1 Å². The highest BCUT2D eigenvalue weighted by atomic mass is 35.5. The maximum atomic E-state index is 13.6. The quantitative estimate of drug-likeness (QED) is 0.854. The van der Waals surface area contributed by atoms with E-state index in [0.29, 0.717) is 36.5 Å².